The molecule has 1 heterocycles. The number of amides is 2. The predicted octanol–water partition coefficient (Wildman–Crippen LogP) is 0.458. The van der Waals surface area contributed by atoms with Crippen LogP contribution in [-0.4, -0.2) is 60.6 Å². The molecule has 2 fully saturated rings. The molecule has 2 amide bonds. The van der Waals surface area contributed by atoms with Gasteiger partial charge >= 0.3 is 12.0 Å². The third kappa shape index (κ3) is 4.87. The number of carbonyl (C=O) groups excluding carboxylic acids is 1. The van der Waals surface area contributed by atoms with Gasteiger partial charge in [0.05, 0.1) is 11.5 Å². The molecule has 0 aromatic carbocycles. The smallest absolute Gasteiger partial charge is 0.323 e. The molecule has 21 heavy (non-hydrogen) atoms. The van der Waals surface area contributed by atoms with E-state index in [0.29, 0.717) is 12.3 Å². The van der Waals surface area contributed by atoms with Gasteiger partial charge in [-0.25, -0.2) is 13.2 Å². The van der Waals surface area contributed by atoms with Crippen LogP contribution in [0.5, 0.6) is 0 Å². The average Bonchev–Trinajstić information content (AvgIpc) is 3.08. The van der Waals surface area contributed by atoms with Crippen molar-refractivity contribution in [3.05, 3.63) is 0 Å². The molecular weight excluding hydrogens is 296 g/mol. The van der Waals surface area contributed by atoms with Gasteiger partial charge in [-0.05, 0) is 25.7 Å². The summed E-state index contributed by atoms with van der Waals surface area (Å²) in [7, 11) is -3.16. The maximum Gasteiger partial charge on any atom is 0.323 e. The summed E-state index contributed by atoms with van der Waals surface area (Å²) in [5.41, 5.74) is 0. The Bertz CT molecular complexity index is 515. The Kier molecular flexibility index (Phi) is 4.75. The normalized spacial score (nSPS) is 25.3. The van der Waals surface area contributed by atoms with Crippen LogP contribution < -0.4 is 5.32 Å². The molecule has 0 aromatic heterocycles. The Morgan fingerprint density at radius 1 is 1.33 bits per heavy atom. The molecule has 8 heteroatoms. The lowest BCUT2D eigenvalue weighted by atomic mass is 10.1. The Labute approximate surface area is 124 Å². The second-order valence-electron chi connectivity index (χ2n) is 6.11. The van der Waals surface area contributed by atoms with E-state index in [2.05, 4.69) is 5.32 Å². The number of sulfone groups is 1. The van der Waals surface area contributed by atoms with Gasteiger partial charge in [0.15, 0.2) is 9.84 Å². The van der Waals surface area contributed by atoms with E-state index in [4.69, 9.17) is 5.11 Å². The lowest BCUT2D eigenvalue weighted by Crippen LogP contribution is -2.51. The summed E-state index contributed by atoms with van der Waals surface area (Å²) in [4.78, 5) is 24.3. The van der Waals surface area contributed by atoms with Crippen LogP contribution >= 0.6 is 0 Å². The largest absolute Gasteiger partial charge is 0.480 e. The van der Waals surface area contributed by atoms with Crippen molar-refractivity contribution in [3.8, 4) is 0 Å². The van der Waals surface area contributed by atoms with Crippen LogP contribution in [0.3, 0.4) is 0 Å². The Balaban J connectivity index is 1.97. The van der Waals surface area contributed by atoms with Crippen molar-refractivity contribution < 1.29 is 23.1 Å². The van der Waals surface area contributed by atoms with Crippen molar-refractivity contribution in [2.45, 2.75) is 44.7 Å². The van der Waals surface area contributed by atoms with Gasteiger partial charge in [-0.3, -0.25) is 4.79 Å². The van der Waals surface area contributed by atoms with Gasteiger partial charge in [-0.2, -0.15) is 0 Å². The van der Waals surface area contributed by atoms with E-state index >= 15 is 0 Å². The highest BCUT2D eigenvalue weighted by Crippen LogP contribution is 2.33. The molecule has 2 unspecified atom stereocenters. The third-order valence-electron chi connectivity index (χ3n) is 3.97. The number of carboxylic acids is 1. The second kappa shape index (κ2) is 6.21. The fourth-order valence-corrected chi connectivity index (χ4v) is 4.47. The van der Waals surface area contributed by atoms with Crippen molar-refractivity contribution in [2.24, 2.45) is 5.92 Å². The van der Waals surface area contributed by atoms with E-state index in [0.717, 1.165) is 11.3 Å². The highest BCUT2D eigenvalue weighted by atomic mass is 32.2. The van der Waals surface area contributed by atoms with Crippen LogP contribution in [0.25, 0.3) is 0 Å². The Hall–Kier alpha value is -1.31. The first kappa shape index (κ1) is 16.1. The van der Waals surface area contributed by atoms with Crippen LogP contribution in [-0.2, 0) is 14.6 Å². The van der Waals surface area contributed by atoms with Gasteiger partial charge in [0.25, 0.3) is 0 Å². The fraction of sp³-hybridized carbons (Fsp3) is 0.846. The first-order valence-electron chi connectivity index (χ1n) is 7.26. The summed E-state index contributed by atoms with van der Waals surface area (Å²) in [5.74, 6) is -0.618. The SMILES string of the molecule is CC(CC1CC1)NC(=O)N(CC(=O)O)C1CCS(=O)(=O)C1. The number of urea groups is 1. The first-order valence-corrected chi connectivity index (χ1v) is 9.08. The number of carboxylic acid groups (broad SMARTS) is 1. The van der Waals surface area contributed by atoms with E-state index in [1.807, 2.05) is 6.92 Å². The Morgan fingerprint density at radius 2 is 2.00 bits per heavy atom. The number of aliphatic carboxylic acids is 1. The molecule has 1 saturated heterocycles. The van der Waals surface area contributed by atoms with Gasteiger partial charge < -0.3 is 15.3 Å². The summed E-state index contributed by atoms with van der Waals surface area (Å²) in [5, 5.41) is 11.7. The van der Waals surface area contributed by atoms with Gasteiger partial charge in [0, 0.05) is 12.1 Å². The molecule has 2 rings (SSSR count). The van der Waals surface area contributed by atoms with Crippen LogP contribution in [0.15, 0.2) is 0 Å². The molecule has 0 bridgehead atoms. The van der Waals surface area contributed by atoms with E-state index in [9.17, 15) is 18.0 Å². The van der Waals surface area contributed by atoms with Gasteiger partial charge in [0.1, 0.15) is 6.54 Å². The van der Waals surface area contributed by atoms with Gasteiger partial charge in [-0.15, -0.1) is 0 Å². The van der Waals surface area contributed by atoms with E-state index in [1.165, 1.54) is 12.8 Å². The minimum atomic E-state index is -3.16. The van der Waals surface area contributed by atoms with Crippen LogP contribution in [0.2, 0.25) is 0 Å². The van der Waals surface area contributed by atoms with Gasteiger partial charge in [0.2, 0.25) is 0 Å². The van der Waals surface area contributed by atoms with Crippen molar-refractivity contribution in [2.75, 3.05) is 18.1 Å². The average molecular weight is 318 g/mol. The monoisotopic (exact) mass is 318 g/mol. The standard InChI is InChI=1S/C13H22N2O5S/c1-9(6-10-2-3-10)14-13(18)15(7-12(16)17)11-4-5-21(19,20)8-11/h9-11H,2-8H2,1H3,(H,14,18)(H,16,17). The van der Waals surface area contributed by atoms with E-state index in [1.54, 1.807) is 0 Å². The number of nitrogens with zero attached hydrogens (tertiary/aromatic N) is 1. The quantitative estimate of drug-likeness (QED) is 0.740. The molecule has 1 aliphatic heterocycles. The maximum atomic E-state index is 12.2. The maximum absolute atomic E-state index is 12.2. The van der Waals surface area contributed by atoms with Crippen molar-refractivity contribution in [1.29, 1.82) is 0 Å². The van der Waals surface area contributed by atoms with E-state index < -0.39 is 34.4 Å². The Morgan fingerprint density at radius 3 is 2.48 bits per heavy atom. The summed E-state index contributed by atoms with van der Waals surface area (Å²) in [6.45, 7) is 1.42. The summed E-state index contributed by atoms with van der Waals surface area (Å²) in [6, 6.07) is -1.05. The van der Waals surface area contributed by atoms with E-state index in [-0.39, 0.29) is 17.5 Å². The van der Waals surface area contributed by atoms with Crippen molar-refractivity contribution in [1.82, 2.24) is 10.2 Å². The minimum absolute atomic E-state index is 0.0126. The fourth-order valence-electron chi connectivity index (χ4n) is 2.74. The lowest BCUT2D eigenvalue weighted by molar-refractivity contribution is -0.138. The number of rotatable bonds is 6. The molecule has 7 nitrogen and oxygen atoms in total. The highest BCUT2D eigenvalue weighted by molar-refractivity contribution is 7.91. The van der Waals surface area contributed by atoms with Crippen LogP contribution in [0.1, 0.15) is 32.6 Å². The number of hydrogen-bond acceptors (Lipinski definition) is 4. The van der Waals surface area contributed by atoms with Crippen LogP contribution in [0.4, 0.5) is 4.79 Å². The summed E-state index contributed by atoms with van der Waals surface area (Å²) >= 11 is 0. The molecule has 0 aromatic rings. The number of nitrogens with one attached hydrogen (secondary N) is 1. The third-order valence-corrected chi connectivity index (χ3v) is 5.72. The molecule has 1 aliphatic carbocycles. The molecule has 0 radical (unpaired) electrons. The van der Waals surface area contributed by atoms with Crippen molar-refractivity contribution >= 4 is 21.8 Å². The minimum Gasteiger partial charge on any atom is -0.480 e. The number of carbonyl (C=O) groups is 2. The second-order valence-corrected chi connectivity index (χ2v) is 8.34. The summed E-state index contributed by atoms with van der Waals surface area (Å²) < 4.78 is 23.0. The lowest BCUT2D eigenvalue weighted by Gasteiger charge is -2.28. The zero-order valence-electron chi connectivity index (χ0n) is 12.1. The predicted molar refractivity (Wildman–Crippen MR) is 76.7 cm³/mol. The molecule has 2 atom stereocenters. The summed E-state index contributed by atoms with van der Waals surface area (Å²) in [6.07, 6.45) is 3.55. The molecular formula is C13H22N2O5S. The van der Waals surface area contributed by atoms with Crippen LogP contribution in [0, 0.1) is 5.92 Å². The molecule has 120 valence electrons. The zero-order valence-corrected chi connectivity index (χ0v) is 12.9. The highest BCUT2D eigenvalue weighted by Gasteiger charge is 2.36. The molecule has 2 N–H and O–H groups in total. The molecule has 2 aliphatic rings. The number of hydrogen-bond donors (Lipinski definition) is 2. The molecule has 1 saturated carbocycles. The topological polar surface area (TPSA) is 104 Å². The zero-order chi connectivity index (χ0) is 15.6. The first-order chi connectivity index (χ1) is 9.77. The van der Waals surface area contributed by atoms with Gasteiger partial charge in [-0.1, -0.05) is 12.8 Å². The van der Waals surface area contributed by atoms with Crippen molar-refractivity contribution in [3.63, 3.8) is 0 Å². The molecule has 0 spiro atoms.